The summed E-state index contributed by atoms with van der Waals surface area (Å²) in [5.74, 6) is 1.11. The smallest absolute Gasteiger partial charge is 0.193 e. The molecule has 0 radical (unpaired) electrons. The number of likely N-dealkylation sites (tertiary alicyclic amines) is 1. The van der Waals surface area contributed by atoms with Crippen LogP contribution in [0.2, 0.25) is 0 Å². The number of nitrogens with zero attached hydrogens (tertiary/aromatic N) is 3. The predicted molar refractivity (Wildman–Crippen MR) is 129 cm³/mol. The monoisotopic (exact) mass is 504 g/mol. The van der Waals surface area contributed by atoms with Crippen LogP contribution in [0.3, 0.4) is 0 Å². The van der Waals surface area contributed by atoms with Crippen molar-refractivity contribution in [2.75, 3.05) is 45.9 Å². The number of guanidine groups is 1. The maximum absolute atomic E-state index is 6.10. The van der Waals surface area contributed by atoms with Crippen LogP contribution in [0.1, 0.15) is 64.7 Å². The second-order valence-corrected chi connectivity index (χ2v) is 8.24. The molecule has 162 valence electrons. The van der Waals surface area contributed by atoms with E-state index in [2.05, 4.69) is 34.2 Å². The molecule has 0 amide bonds. The standard InChI is InChI=1S/C22H40N4O.HI/c1-2-23-22(26-17-13-20(19-26)25-15-8-9-16-25)24-14-7-10-18-27-21-11-5-3-4-6-12-21;/h8-9,20-21H,2-7,10-19H2,1H3,(H,23,24);1H. The molecule has 3 rings (SSSR count). The van der Waals surface area contributed by atoms with Gasteiger partial charge in [0.15, 0.2) is 5.96 Å². The molecule has 3 aliphatic rings. The van der Waals surface area contributed by atoms with Gasteiger partial charge in [0, 0.05) is 51.9 Å². The fourth-order valence-corrected chi connectivity index (χ4v) is 4.51. The minimum Gasteiger partial charge on any atom is -0.378 e. The van der Waals surface area contributed by atoms with E-state index in [9.17, 15) is 0 Å². The fraction of sp³-hybridized carbons (Fsp3) is 0.864. The zero-order chi connectivity index (χ0) is 18.7. The van der Waals surface area contributed by atoms with Crippen molar-refractivity contribution in [1.29, 1.82) is 0 Å². The minimum absolute atomic E-state index is 0. The molecule has 1 saturated heterocycles. The van der Waals surface area contributed by atoms with Crippen LogP contribution >= 0.6 is 24.0 Å². The predicted octanol–water partition coefficient (Wildman–Crippen LogP) is 4.04. The van der Waals surface area contributed by atoms with E-state index < -0.39 is 0 Å². The van der Waals surface area contributed by atoms with E-state index in [4.69, 9.17) is 9.73 Å². The molecule has 6 heteroatoms. The summed E-state index contributed by atoms with van der Waals surface area (Å²) in [6.07, 6.45) is 16.6. The van der Waals surface area contributed by atoms with Gasteiger partial charge in [-0.1, -0.05) is 37.8 Å². The number of halogens is 1. The van der Waals surface area contributed by atoms with Crippen molar-refractivity contribution >= 4 is 29.9 Å². The maximum atomic E-state index is 6.10. The third-order valence-electron chi connectivity index (χ3n) is 6.13. The number of aliphatic imine (C=N–C) groups is 1. The topological polar surface area (TPSA) is 40.1 Å². The van der Waals surface area contributed by atoms with Crippen molar-refractivity contribution in [2.24, 2.45) is 4.99 Å². The second kappa shape index (κ2) is 13.8. The van der Waals surface area contributed by atoms with Crippen molar-refractivity contribution < 1.29 is 4.74 Å². The van der Waals surface area contributed by atoms with Crippen molar-refractivity contribution in [2.45, 2.75) is 76.9 Å². The molecule has 2 aliphatic heterocycles. The Balaban J connectivity index is 0.00000280. The number of ether oxygens (including phenoxy) is 1. The highest BCUT2D eigenvalue weighted by molar-refractivity contribution is 14.0. The zero-order valence-corrected chi connectivity index (χ0v) is 20.1. The molecule has 1 unspecified atom stereocenters. The Kier molecular flexibility index (Phi) is 11.8. The van der Waals surface area contributed by atoms with Gasteiger partial charge in [-0.25, -0.2) is 0 Å². The van der Waals surface area contributed by atoms with Gasteiger partial charge in [-0.15, -0.1) is 24.0 Å². The summed E-state index contributed by atoms with van der Waals surface area (Å²) in [6.45, 7) is 9.38. The molecule has 0 aromatic carbocycles. The molecule has 2 heterocycles. The lowest BCUT2D eigenvalue weighted by molar-refractivity contribution is 0.0412. The molecule has 1 N–H and O–H groups in total. The number of hydrogen-bond donors (Lipinski definition) is 1. The molecule has 2 fully saturated rings. The van der Waals surface area contributed by atoms with Gasteiger partial charge in [-0.3, -0.25) is 9.89 Å². The van der Waals surface area contributed by atoms with Gasteiger partial charge in [0.1, 0.15) is 0 Å². The summed E-state index contributed by atoms with van der Waals surface area (Å²) in [7, 11) is 0. The van der Waals surface area contributed by atoms with Crippen LogP contribution in [-0.4, -0.2) is 73.8 Å². The van der Waals surface area contributed by atoms with Crippen molar-refractivity contribution in [1.82, 2.24) is 15.1 Å². The summed E-state index contributed by atoms with van der Waals surface area (Å²) in [6, 6.07) is 0.678. The summed E-state index contributed by atoms with van der Waals surface area (Å²) in [5.41, 5.74) is 0. The van der Waals surface area contributed by atoms with E-state index in [1.807, 2.05) is 0 Å². The van der Waals surface area contributed by atoms with Crippen molar-refractivity contribution in [3.63, 3.8) is 0 Å². The average Bonchev–Trinajstić information content (AvgIpc) is 3.31. The Morgan fingerprint density at radius 2 is 1.82 bits per heavy atom. The van der Waals surface area contributed by atoms with Crippen molar-refractivity contribution in [3.8, 4) is 0 Å². The molecule has 0 aromatic heterocycles. The highest BCUT2D eigenvalue weighted by Gasteiger charge is 2.29. The van der Waals surface area contributed by atoms with Crippen LogP contribution in [0.5, 0.6) is 0 Å². The first-order chi connectivity index (χ1) is 13.4. The molecule has 1 saturated carbocycles. The lowest BCUT2D eigenvalue weighted by Gasteiger charge is -2.25. The molecule has 1 aliphatic carbocycles. The molecule has 1 atom stereocenters. The lowest BCUT2D eigenvalue weighted by Crippen LogP contribution is -2.42. The summed E-state index contributed by atoms with van der Waals surface area (Å²) >= 11 is 0. The van der Waals surface area contributed by atoms with E-state index in [0.717, 1.165) is 64.7 Å². The SMILES string of the molecule is CCNC(=NCCCCOC1CCCCCC1)N1CCC(N2CC=CC2)C1.I. The quantitative estimate of drug-likeness (QED) is 0.135. The molecule has 0 aromatic rings. The van der Waals surface area contributed by atoms with Gasteiger partial charge in [-0.05, 0) is 39.0 Å². The first-order valence-corrected chi connectivity index (χ1v) is 11.4. The van der Waals surface area contributed by atoms with Crippen LogP contribution < -0.4 is 5.32 Å². The molecule has 0 spiro atoms. The molecule has 0 bridgehead atoms. The van der Waals surface area contributed by atoms with E-state index in [1.165, 1.54) is 44.9 Å². The maximum Gasteiger partial charge on any atom is 0.193 e. The van der Waals surface area contributed by atoms with Gasteiger partial charge < -0.3 is 15.0 Å². The average molecular weight is 505 g/mol. The van der Waals surface area contributed by atoms with Crippen molar-refractivity contribution in [3.05, 3.63) is 12.2 Å². The Bertz CT molecular complexity index is 469. The Labute approximate surface area is 189 Å². The van der Waals surface area contributed by atoms with Gasteiger partial charge in [-0.2, -0.15) is 0 Å². The molecule has 5 nitrogen and oxygen atoms in total. The number of rotatable bonds is 8. The van der Waals surface area contributed by atoms with Gasteiger partial charge in [0.2, 0.25) is 0 Å². The van der Waals surface area contributed by atoms with Gasteiger partial charge in [0.25, 0.3) is 0 Å². The van der Waals surface area contributed by atoms with E-state index in [0.29, 0.717) is 12.1 Å². The third kappa shape index (κ3) is 7.82. The van der Waals surface area contributed by atoms with E-state index in [-0.39, 0.29) is 24.0 Å². The third-order valence-corrected chi connectivity index (χ3v) is 6.13. The highest BCUT2D eigenvalue weighted by atomic mass is 127. The van der Waals surface area contributed by atoms with Crippen LogP contribution in [0, 0.1) is 0 Å². The van der Waals surface area contributed by atoms with Crippen LogP contribution in [-0.2, 0) is 4.74 Å². The van der Waals surface area contributed by atoms with E-state index >= 15 is 0 Å². The summed E-state index contributed by atoms with van der Waals surface area (Å²) < 4.78 is 6.10. The number of hydrogen-bond acceptors (Lipinski definition) is 3. The van der Waals surface area contributed by atoms with Crippen LogP contribution in [0.15, 0.2) is 17.1 Å². The summed E-state index contributed by atoms with van der Waals surface area (Å²) in [4.78, 5) is 9.93. The van der Waals surface area contributed by atoms with Crippen LogP contribution in [0.4, 0.5) is 0 Å². The number of nitrogens with one attached hydrogen (secondary N) is 1. The minimum atomic E-state index is 0. The first-order valence-electron chi connectivity index (χ1n) is 11.4. The molecular formula is C22H41IN4O. The largest absolute Gasteiger partial charge is 0.378 e. The highest BCUT2D eigenvalue weighted by Crippen LogP contribution is 2.20. The normalized spacial score (nSPS) is 24.4. The Morgan fingerprint density at radius 1 is 1.07 bits per heavy atom. The molecule has 28 heavy (non-hydrogen) atoms. The Hall–Kier alpha value is -0.340. The lowest BCUT2D eigenvalue weighted by atomic mass is 10.1. The van der Waals surface area contributed by atoms with E-state index in [1.54, 1.807) is 0 Å². The second-order valence-electron chi connectivity index (χ2n) is 8.24. The zero-order valence-electron chi connectivity index (χ0n) is 17.8. The van der Waals surface area contributed by atoms with Crippen LogP contribution in [0.25, 0.3) is 0 Å². The van der Waals surface area contributed by atoms with Gasteiger partial charge >= 0.3 is 0 Å². The molecular weight excluding hydrogens is 463 g/mol. The fourth-order valence-electron chi connectivity index (χ4n) is 4.51. The van der Waals surface area contributed by atoms with Gasteiger partial charge in [0.05, 0.1) is 6.10 Å². The Morgan fingerprint density at radius 3 is 2.54 bits per heavy atom. The summed E-state index contributed by atoms with van der Waals surface area (Å²) in [5, 5.41) is 3.50. The number of unbranched alkanes of at least 4 members (excludes halogenated alkanes) is 1. The first kappa shape index (κ1) is 23.9.